The van der Waals surface area contributed by atoms with Crippen LogP contribution >= 0.6 is 0 Å². The fraction of sp³-hybridized carbons (Fsp3) is 0.364. The van der Waals surface area contributed by atoms with Gasteiger partial charge in [-0.1, -0.05) is 19.1 Å². The smallest absolute Gasteiger partial charge is 0.232 e. The first-order valence-corrected chi connectivity index (χ1v) is 6.96. The van der Waals surface area contributed by atoms with Crippen molar-refractivity contribution in [2.75, 3.05) is 17.1 Å². The average molecular weight is 256 g/mol. The topological polar surface area (TPSA) is 77.5 Å². The van der Waals surface area contributed by atoms with Gasteiger partial charge in [0.2, 0.25) is 10.0 Å². The minimum Gasteiger partial charge on any atom is -0.548 e. The normalized spacial score (nSPS) is 11.2. The van der Waals surface area contributed by atoms with E-state index in [0.29, 0.717) is 5.69 Å². The summed E-state index contributed by atoms with van der Waals surface area (Å²) in [5, 5.41) is 10.5. The number of nitrogens with zero attached hydrogens (tertiary/aromatic N) is 1. The van der Waals surface area contributed by atoms with Crippen molar-refractivity contribution < 1.29 is 18.3 Å². The highest BCUT2D eigenvalue weighted by atomic mass is 32.2. The monoisotopic (exact) mass is 256 g/mol. The largest absolute Gasteiger partial charge is 0.548 e. The second-order valence-electron chi connectivity index (χ2n) is 3.66. The van der Waals surface area contributed by atoms with Crippen molar-refractivity contribution in [1.82, 2.24) is 0 Å². The van der Waals surface area contributed by atoms with E-state index in [4.69, 9.17) is 0 Å². The number of hydrogen-bond donors (Lipinski definition) is 0. The van der Waals surface area contributed by atoms with Gasteiger partial charge in [0, 0.05) is 0 Å². The minimum absolute atomic E-state index is 0.328. The first kappa shape index (κ1) is 13.5. The Balaban J connectivity index is 3.09. The van der Waals surface area contributed by atoms with E-state index in [2.05, 4.69) is 0 Å². The van der Waals surface area contributed by atoms with E-state index in [-0.39, 0.29) is 0 Å². The Kier molecular flexibility index (Phi) is 4.11. The highest BCUT2D eigenvalue weighted by Crippen LogP contribution is 2.18. The summed E-state index contributed by atoms with van der Waals surface area (Å²) in [5.74, 6) is -1.44. The number of carbonyl (C=O) groups is 1. The van der Waals surface area contributed by atoms with E-state index in [0.717, 1.165) is 22.5 Å². The van der Waals surface area contributed by atoms with Gasteiger partial charge in [0.15, 0.2) is 0 Å². The summed E-state index contributed by atoms with van der Waals surface area (Å²) in [7, 11) is -3.62. The van der Waals surface area contributed by atoms with Gasteiger partial charge in [0.05, 0.1) is 24.5 Å². The number of carbonyl (C=O) groups excluding carboxylic acids is 1. The lowest BCUT2D eigenvalue weighted by molar-refractivity contribution is -0.303. The third-order valence-electron chi connectivity index (χ3n) is 2.31. The quantitative estimate of drug-likeness (QED) is 0.728. The predicted octanol–water partition coefficient (Wildman–Crippen LogP) is -0.235. The molecule has 0 unspecified atom stereocenters. The van der Waals surface area contributed by atoms with Crippen molar-refractivity contribution in [3.63, 3.8) is 0 Å². The van der Waals surface area contributed by atoms with Crippen LogP contribution in [0, 0.1) is 0 Å². The Morgan fingerprint density at radius 1 is 1.29 bits per heavy atom. The van der Waals surface area contributed by atoms with E-state index in [1.54, 1.807) is 24.3 Å². The van der Waals surface area contributed by atoms with Gasteiger partial charge < -0.3 is 9.90 Å². The number of rotatable bonds is 5. The number of carboxylic acid groups (broad SMARTS) is 1. The number of carboxylic acids is 1. The SMILES string of the molecule is CCc1ccc(N(CC(=O)[O-])S(C)(=O)=O)cc1. The van der Waals surface area contributed by atoms with Crippen LogP contribution in [-0.4, -0.2) is 27.2 Å². The molecular weight excluding hydrogens is 242 g/mol. The fourth-order valence-electron chi connectivity index (χ4n) is 1.42. The van der Waals surface area contributed by atoms with Crippen LogP contribution < -0.4 is 9.41 Å². The molecule has 6 heteroatoms. The highest BCUT2D eigenvalue weighted by molar-refractivity contribution is 7.92. The number of sulfonamides is 1. The van der Waals surface area contributed by atoms with Crippen LogP contribution in [-0.2, 0) is 21.2 Å². The van der Waals surface area contributed by atoms with Crippen LogP contribution in [0.15, 0.2) is 24.3 Å². The molecule has 0 saturated heterocycles. The van der Waals surface area contributed by atoms with E-state index < -0.39 is 22.5 Å². The molecule has 0 saturated carbocycles. The summed E-state index contributed by atoms with van der Waals surface area (Å²) in [6, 6.07) is 6.71. The highest BCUT2D eigenvalue weighted by Gasteiger charge is 2.17. The zero-order valence-electron chi connectivity index (χ0n) is 9.71. The Labute approximate surface area is 101 Å². The molecule has 0 aromatic heterocycles. The van der Waals surface area contributed by atoms with Crippen LogP contribution in [0.3, 0.4) is 0 Å². The van der Waals surface area contributed by atoms with Gasteiger partial charge in [-0.05, 0) is 24.1 Å². The minimum atomic E-state index is -3.62. The lowest BCUT2D eigenvalue weighted by Crippen LogP contribution is -2.41. The molecule has 0 radical (unpaired) electrons. The number of anilines is 1. The van der Waals surface area contributed by atoms with Crippen molar-refractivity contribution in [2.45, 2.75) is 13.3 Å². The molecule has 0 aliphatic carbocycles. The maximum Gasteiger partial charge on any atom is 0.232 e. The Morgan fingerprint density at radius 2 is 1.82 bits per heavy atom. The van der Waals surface area contributed by atoms with Gasteiger partial charge in [-0.15, -0.1) is 0 Å². The Morgan fingerprint density at radius 3 is 2.18 bits per heavy atom. The Bertz CT molecular complexity index is 493. The number of aryl methyl sites for hydroxylation is 1. The second kappa shape index (κ2) is 5.18. The van der Waals surface area contributed by atoms with Gasteiger partial charge in [-0.3, -0.25) is 4.31 Å². The van der Waals surface area contributed by atoms with Crippen LogP contribution in [0.2, 0.25) is 0 Å². The molecule has 0 heterocycles. The number of benzene rings is 1. The van der Waals surface area contributed by atoms with Crippen LogP contribution in [0.25, 0.3) is 0 Å². The molecule has 0 aliphatic heterocycles. The van der Waals surface area contributed by atoms with Crippen molar-refractivity contribution in [3.8, 4) is 0 Å². The first-order chi connectivity index (χ1) is 7.84. The molecule has 1 aromatic rings. The Hall–Kier alpha value is -1.56. The summed E-state index contributed by atoms with van der Waals surface area (Å²) >= 11 is 0. The molecule has 5 nitrogen and oxygen atoms in total. The van der Waals surface area contributed by atoms with Crippen molar-refractivity contribution in [2.24, 2.45) is 0 Å². The maximum absolute atomic E-state index is 11.5. The lowest BCUT2D eigenvalue weighted by atomic mass is 10.1. The molecule has 0 atom stereocenters. The van der Waals surface area contributed by atoms with Crippen LogP contribution in [0.5, 0.6) is 0 Å². The third-order valence-corrected chi connectivity index (χ3v) is 3.45. The molecule has 0 aliphatic rings. The molecule has 1 rings (SSSR count). The molecule has 17 heavy (non-hydrogen) atoms. The summed E-state index contributed by atoms with van der Waals surface area (Å²) < 4.78 is 23.7. The number of hydrogen-bond acceptors (Lipinski definition) is 4. The summed E-state index contributed by atoms with van der Waals surface area (Å²) in [6.07, 6.45) is 1.79. The third kappa shape index (κ3) is 3.74. The van der Waals surface area contributed by atoms with Crippen molar-refractivity contribution in [3.05, 3.63) is 29.8 Å². The molecule has 0 bridgehead atoms. The standard InChI is InChI=1S/C11H15NO4S/c1-3-9-4-6-10(7-5-9)12(8-11(13)14)17(2,15)16/h4-7H,3,8H2,1-2H3,(H,13,14)/p-1. The van der Waals surface area contributed by atoms with Gasteiger partial charge in [-0.2, -0.15) is 0 Å². The van der Waals surface area contributed by atoms with Gasteiger partial charge in [0.25, 0.3) is 0 Å². The summed E-state index contributed by atoms with van der Waals surface area (Å²) in [6.45, 7) is 1.30. The second-order valence-corrected chi connectivity index (χ2v) is 5.57. The molecule has 0 fully saturated rings. The van der Waals surface area contributed by atoms with E-state index >= 15 is 0 Å². The predicted molar refractivity (Wildman–Crippen MR) is 63.0 cm³/mol. The van der Waals surface area contributed by atoms with Crippen molar-refractivity contribution in [1.29, 1.82) is 0 Å². The molecule has 94 valence electrons. The van der Waals surface area contributed by atoms with Gasteiger partial charge >= 0.3 is 0 Å². The molecule has 0 spiro atoms. The molecular formula is C11H14NO4S-. The van der Waals surface area contributed by atoms with Crippen molar-refractivity contribution >= 4 is 21.7 Å². The molecule has 0 N–H and O–H groups in total. The molecule has 0 amide bonds. The van der Waals surface area contributed by atoms with E-state index in [1.165, 1.54) is 0 Å². The van der Waals surface area contributed by atoms with E-state index in [1.807, 2.05) is 6.92 Å². The van der Waals surface area contributed by atoms with Gasteiger partial charge in [-0.25, -0.2) is 8.42 Å². The fourth-order valence-corrected chi connectivity index (χ4v) is 2.26. The van der Waals surface area contributed by atoms with Crippen LogP contribution in [0.1, 0.15) is 12.5 Å². The summed E-state index contributed by atoms with van der Waals surface area (Å²) in [4.78, 5) is 10.5. The van der Waals surface area contributed by atoms with Gasteiger partial charge in [0.1, 0.15) is 0 Å². The average Bonchev–Trinajstić information content (AvgIpc) is 2.24. The van der Waals surface area contributed by atoms with Crippen LogP contribution in [0.4, 0.5) is 5.69 Å². The lowest BCUT2D eigenvalue weighted by Gasteiger charge is -2.22. The van der Waals surface area contributed by atoms with E-state index in [9.17, 15) is 18.3 Å². The summed E-state index contributed by atoms with van der Waals surface area (Å²) in [5.41, 5.74) is 1.38. The maximum atomic E-state index is 11.5. The molecule has 1 aromatic carbocycles. The zero-order valence-corrected chi connectivity index (χ0v) is 10.5. The number of aliphatic carboxylic acids is 1. The first-order valence-electron chi connectivity index (χ1n) is 5.11. The zero-order chi connectivity index (χ0) is 13.1.